The van der Waals surface area contributed by atoms with Gasteiger partial charge in [0.15, 0.2) is 5.78 Å². The number of pyridine rings is 1. The number of amides is 2. The van der Waals surface area contributed by atoms with Crippen LogP contribution in [0.15, 0.2) is 66.9 Å². The van der Waals surface area contributed by atoms with E-state index in [1.165, 1.54) is 11.1 Å². The van der Waals surface area contributed by atoms with Gasteiger partial charge in [-0.2, -0.15) is 0 Å². The van der Waals surface area contributed by atoms with E-state index in [0.29, 0.717) is 28.6 Å². The van der Waals surface area contributed by atoms with Crippen LogP contribution in [0, 0.1) is 0 Å². The number of carbonyl (C=O) groups excluding carboxylic acids is 3. The number of benzene rings is 2. The number of carbonyl (C=O) groups is 3. The highest BCUT2D eigenvalue weighted by Crippen LogP contribution is 2.29. The summed E-state index contributed by atoms with van der Waals surface area (Å²) in [6.45, 7) is 0.392. The molecule has 184 valence electrons. The number of hydrogen-bond acceptors (Lipinski definition) is 5. The zero-order valence-corrected chi connectivity index (χ0v) is 20.7. The number of halogens is 2. The Bertz CT molecular complexity index is 1300. The van der Waals surface area contributed by atoms with Gasteiger partial charge in [0.05, 0.1) is 27.4 Å². The zero-order valence-electron chi connectivity index (χ0n) is 19.2. The Labute approximate surface area is 218 Å². The first-order chi connectivity index (χ1) is 17.4. The van der Waals surface area contributed by atoms with Gasteiger partial charge in [0.1, 0.15) is 18.7 Å². The Kier molecular flexibility index (Phi) is 7.05. The Morgan fingerprint density at radius 3 is 2.61 bits per heavy atom. The summed E-state index contributed by atoms with van der Waals surface area (Å²) in [5.74, 6) is -0.897. The van der Waals surface area contributed by atoms with Crippen molar-refractivity contribution in [2.75, 3.05) is 13.2 Å². The minimum atomic E-state index is -0.921. The lowest BCUT2D eigenvalue weighted by Crippen LogP contribution is -2.53. The van der Waals surface area contributed by atoms with Gasteiger partial charge in [-0.05, 0) is 36.2 Å². The normalized spacial score (nSPS) is 19.7. The fraction of sp³-hybridized carbons (Fsp3) is 0.259. The number of ketones is 1. The van der Waals surface area contributed by atoms with Gasteiger partial charge in [0.2, 0.25) is 5.91 Å². The van der Waals surface area contributed by atoms with Gasteiger partial charge in [0, 0.05) is 24.7 Å². The first-order valence-corrected chi connectivity index (χ1v) is 12.4. The monoisotopic (exact) mass is 523 g/mol. The van der Waals surface area contributed by atoms with E-state index in [1.54, 1.807) is 30.3 Å². The molecule has 9 heteroatoms. The largest absolute Gasteiger partial charge is 0.368 e. The molecule has 2 aromatic carbocycles. The molecule has 0 spiro atoms. The number of fused-ring (bicyclic) bond motifs is 1. The van der Waals surface area contributed by atoms with E-state index in [-0.39, 0.29) is 30.8 Å². The molecule has 3 heterocycles. The third-order valence-corrected chi connectivity index (χ3v) is 7.26. The molecule has 5 rings (SSSR count). The molecule has 2 saturated heterocycles. The van der Waals surface area contributed by atoms with Gasteiger partial charge in [-0.15, -0.1) is 0 Å². The van der Waals surface area contributed by atoms with Crippen molar-refractivity contribution in [2.24, 2.45) is 0 Å². The Morgan fingerprint density at radius 2 is 1.89 bits per heavy atom. The van der Waals surface area contributed by atoms with E-state index < -0.39 is 18.0 Å². The second-order valence-corrected chi connectivity index (χ2v) is 9.67. The molecule has 3 aromatic rings. The van der Waals surface area contributed by atoms with Crippen molar-refractivity contribution in [3.63, 3.8) is 0 Å². The summed E-state index contributed by atoms with van der Waals surface area (Å²) in [7, 11) is 0. The first kappa shape index (κ1) is 24.4. The van der Waals surface area contributed by atoms with E-state index in [4.69, 9.17) is 27.9 Å². The molecule has 2 fully saturated rings. The molecule has 36 heavy (non-hydrogen) atoms. The number of rotatable bonds is 6. The number of nitrogens with zero attached hydrogens (tertiary/aromatic N) is 2. The minimum absolute atomic E-state index is 0.00235. The third-order valence-electron chi connectivity index (χ3n) is 6.52. The summed E-state index contributed by atoms with van der Waals surface area (Å²) >= 11 is 12.2. The van der Waals surface area contributed by atoms with E-state index >= 15 is 0 Å². The highest BCUT2D eigenvalue weighted by molar-refractivity contribution is 6.42. The van der Waals surface area contributed by atoms with E-state index in [1.807, 2.05) is 30.3 Å². The topological polar surface area (TPSA) is 88.6 Å². The highest BCUT2D eigenvalue weighted by atomic mass is 35.5. The van der Waals surface area contributed by atoms with Crippen molar-refractivity contribution >= 4 is 40.8 Å². The van der Waals surface area contributed by atoms with Gasteiger partial charge in [0.25, 0.3) is 5.91 Å². The second-order valence-electron chi connectivity index (χ2n) is 8.86. The molecule has 2 amide bonds. The molecule has 1 N–H and O–H groups in total. The number of hydrogen-bond donors (Lipinski definition) is 1. The fourth-order valence-electron chi connectivity index (χ4n) is 4.69. The lowest BCUT2D eigenvalue weighted by atomic mass is 10.0. The van der Waals surface area contributed by atoms with Crippen LogP contribution in [0.5, 0.6) is 0 Å². The van der Waals surface area contributed by atoms with Crippen LogP contribution < -0.4 is 5.32 Å². The molecule has 2 aliphatic heterocycles. The molecule has 1 aromatic heterocycles. The lowest BCUT2D eigenvalue weighted by molar-refractivity contribution is -0.138. The molecule has 0 aliphatic carbocycles. The van der Waals surface area contributed by atoms with Gasteiger partial charge < -0.3 is 15.0 Å². The standard InChI is InChI=1S/C27H23Cl2N3O4/c28-19-8-6-16(12-20(19)29)13-22(27(35)32-11-10-24-25(32)23(33)15-36-24)31-26(34)18-7-9-21(30-14-18)17-4-2-1-3-5-17/h1-9,12,14,22,24-25H,10-11,13,15H2,(H,31,34). The van der Waals surface area contributed by atoms with Crippen molar-refractivity contribution < 1.29 is 19.1 Å². The Hall–Kier alpha value is -3.26. The van der Waals surface area contributed by atoms with Crippen LogP contribution in [0.1, 0.15) is 22.3 Å². The molecule has 3 atom stereocenters. The second kappa shape index (κ2) is 10.4. The molecule has 3 unspecified atom stereocenters. The van der Waals surface area contributed by atoms with Crippen molar-refractivity contribution in [2.45, 2.75) is 31.0 Å². The predicted molar refractivity (Wildman–Crippen MR) is 136 cm³/mol. The van der Waals surface area contributed by atoms with Crippen molar-refractivity contribution in [3.8, 4) is 11.3 Å². The minimum Gasteiger partial charge on any atom is -0.368 e. The summed E-state index contributed by atoms with van der Waals surface area (Å²) in [6.07, 6.45) is 1.95. The van der Waals surface area contributed by atoms with Crippen LogP contribution in [0.4, 0.5) is 0 Å². The molecular weight excluding hydrogens is 501 g/mol. The zero-order chi connectivity index (χ0) is 25.2. The van der Waals surface area contributed by atoms with Crippen molar-refractivity contribution in [1.29, 1.82) is 0 Å². The van der Waals surface area contributed by atoms with Gasteiger partial charge in [-0.3, -0.25) is 19.4 Å². The number of Topliss-reactive ketones (excluding diaryl/α,β-unsaturated/α-hetero) is 1. The lowest BCUT2D eigenvalue weighted by Gasteiger charge is -2.27. The fourth-order valence-corrected chi connectivity index (χ4v) is 5.01. The number of aromatic nitrogens is 1. The SMILES string of the molecule is O=C(NC(Cc1ccc(Cl)c(Cl)c1)C(=O)N1CCC2OCC(=O)C21)c1ccc(-c2ccccc2)nc1. The van der Waals surface area contributed by atoms with E-state index in [0.717, 1.165) is 16.8 Å². The van der Waals surface area contributed by atoms with Gasteiger partial charge in [-0.25, -0.2) is 0 Å². The van der Waals surface area contributed by atoms with Crippen LogP contribution in [-0.2, 0) is 20.7 Å². The van der Waals surface area contributed by atoms with Crippen LogP contribution in [0.3, 0.4) is 0 Å². The third kappa shape index (κ3) is 5.00. The van der Waals surface area contributed by atoms with Gasteiger partial charge in [-0.1, -0.05) is 59.6 Å². The number of nitrogens with one attached hydrogen (secondary N) is 1. The molecule has 7 nitrogen and oxygen atoms in total. The quantitative estimate of drug-likeness (QED) is 0.528. The van der Waals surface area contributed by atoms with Crippen molar-refractivity contribution in [1.82, 2.24) is 15.2 Å². The summed E-state index contributed by atoms with van der Waals surface area (Å²) < 4.78 is 5.52. The van der Waals surface area contributed by atoms with Crippen LogP contribution in [0.25, 0.3) is 11.3 Å². The van der Waals surface area contributed by atoms with Gasteiger partial charge >= 0.3 is 0 Å². The average molecular weight is 524 g/mol. The van der Waals surface area contributed by atoms with E-state index in [2.05, 4.69) is 10.3 Å². The van der Waals surface area contributed by atoms with Crippen LogP contribution in [0.2, 0.25) is 10.0 Å². The summed E-state index contributed by atoms with van der Waals surface area (Å²) in [5.41, 5.74) is 2.72. The maximum Gasteiger partial charge on any atom is 0.253 e. The average Bonchev–Trinajstić information content (AvgIpc) is 3.49. The van der Waals surface area contributed by atoms with Crippen LogP contribution >= 0.6 is 23.2 Å². The maximum atomic E-state index is 13.6. The summed E-state index contributed by atoms with van der Waals surface area (Å²) in [4.78, 5) is 45.1. The molecule has 2 aliphatic rings. The highest BCUT2D eigenvalue weighted by Gasteiger charge is 2.48. The number of likely N-dealkylation sites (tertiary alicyclic amines) is 1. The molecule has 0 saturated carbocycles. The number of ether oxygens (including phenoxy) is 1. The predicted octanol–water partition coefficient (Wildman–Crippen LogP) is 3.97. The Balaban J connectivity index is 1.38. The molecular formula is C27H23Cl2N3O4. The van der Waals surface area contributed by atoms with Crippen molar-refractivity contribution in [3.05, 3.63) is 88.0 Å². The van der Waals surface area contributed by atoms with Crippen LogP contribution in [-0.4, -0.2) is 58.8 Å². The van der Waals surface area contributed by atoms with E-state index in [9.17, 15) is 14.4 Å². The smallest absolute Gasteiger partial charge is 0.253 e. The first-order valence-electron chi connectivity index (χ1n) is 11.6. The maximum absolute atomic E-state index is 13.6. The molecule has 0 radical (unpaired) electrons. The Morgan fingerprint density at radius 1 is 1.08 bits per heavy atom. The molecule has 0 bridgehead atoms. The summed E-state index contributed by atoms with van der Waals surface area (Å²) in [6, 6.07) is 16.6. The summed E-state index contributed by atoms with van der Waals surface area (Å²) in [5, 5.41) is 3.60.